The number of hydrogen-bond acceptors (Lipinski definition) is 5. The first-order valence-corrected chi connectivity index (χ1v) is 7.11. The third-order valence-electron chi connectivity index (χ3n) is 3.08. The van der Waals surface area contributed by atoms with Crippen molar-refractivity contribution in [2.45, 2.75) is 13.8 Å². The molecule has 1 aromatic heterocycles. The average molecular weight is 304 g/mol. The van der Waals surface area contributed by atoms with Gasteiger partial charge in [-0.15, -0.1) is 0 Å². The number of benzene rings is 1. The Balaban J connectivity index is 2.64. The molecule has 118 valence electrons. The maximum absolute atomic E-state index is 11.8. The normalized spacial score (nSPS) is 10.4. The van der Waals surface area contributed by atoms with Crippen molar-refractivity contribution in [2.24, 2.45) is 7.05 Å². The minimum Gasteiger partial charge on any atom is -0.493 e. The van der Waals surface area contributed by atoms with E-state index in [2.05, 4.69) is 5.10 Å². The molecule has 6 nitrogen and oxygen atoms in total. The fraction of sp³-hybridized carbons (Fsp3) is 0.375. The van der Waals surface area contributed by atoms with Crippen LogP contribution < -0.4 is 9.47 Å². The first-order valence-electron chi connectivity index (χ1n) is 7.11. The number of esters is 1. The van der Waals surface area contributed by atoms with E-state index >= 15 is 0 Å². The zero-order valence-electron chi connectivity index (χ0n) is 13.3. The Morgan fingerprint density at radius 2 is 1.77 bits per heavy atom. The fourth-order valence-electron chi connectivity index (χ4n) is 2.20. The maximum Gasteiger partial charge on any atom is 0.338 e. The van der Waals surface area contributed by atoms with E-state index in [1.165, 1.54) is 7.11 Å². The van der Waals surface area contributed by atoms with Gasteiger partial charge in [0.05, 0.1) is 37.6 Å². The summed E-state index contributed by atoms with van der Waals surface area (Å²) >= 11 is 0. The second-order valence-corrected chi connectivity index (χ2v) is 4.61. The van der Waals surface area contributed by atoms with Crippen LogP contribution in [0.2, 0.25) is 0 Å². The minimum absolute atomic E-state index is 0.391. The summed E-state index contributed by atoms with van der Waals surface area (Å²) in [6.45, 7) is 4.73. The lowest BCUT2D eigenvalue weighted by molar-refractivity contribution is 0.0599. The summed E-state index contributed by atoms with van der Waals surface area (Å²) < 4.78 is 17.9. The molecular formula is C16H20N2O4. The van der Waals surface area contributed by atoms with E-state index < -0.39 is 5.97 Å². The van der Waals surface area contributed by atoms with E-state index in [1.54, 1.807) is 23.0 Å². The molecule has 22 heavy (non-hydrogen) atoms. The molecular weight excluding hydrogens is 284 g/mol. The third kappa shape index (κ3) is 3.21. The van der Waals surface area contributed by atoms with Crippen molar-refractivity contribution < 1.29 is 19.0 Å². The molecule has 1 aromatic carbocycles. The van der Waals surface area contributed by atoms with E-state index in [9.17, 15) is 4.79 Å². The van der Waals surface area contributed by atoms with Crippen molar-refractivity contribution in [3.8, 4) is 22.6 Å². The lowest BCUT2D eigenvalue weighted by Gasteiger charge is -2.16. The lowest BCUT2D eigenvalue weighted by Crippen LogP contribution is -2.05. The largest absolute Gasteiger partial charge is 0.493 e. The number of nitrogens with zero attached hydrogens (tertiary/aromatic N) is 2. The first kappa shape index (κ1) is 15.9. The number of ether oxygens (including phenoxy) is 3. The Bertz CT molecular complexity index is 637. The van der Waals surface area contributed by atoms with Gasteiger partial charge in [-0.3, -0.25) is 4.68 Å². The van der Waals surface area contributed by atoms with Gasteiger partial charge in [-0.05, 0) is 26.0 Å². The average Bonchev–Trinajstić information content (AvgIpc) is 2.93. The molecule has 2 aromatic rings. The van der Waals surface area contributed by atoms with Crippen LogP contribution in [0.1, 0.15) is 24.2 Å². The third-order valence-corrected chi connectivity index (χ3v) is 3.08. The van der Waals surface area contributed by atoms with Gasteiger partial charge in [-0.2, -0.15) is 5.10 Å². The summed E-state index contributed by atoms with van der Waals surface area (Å²) in [7, 11) is 3.19. The first-order chi connectivity index (χ1) is 10.6. The Hall–Kier alpha value is -2.50. The highest BCUT2D eigenvalue weighted by atomic mass is 16.5. The van der Waals surface area contributed by atoms with Crippen LogP contribution in [0.25, 0.3) is 11.1 Å². The number of hydrogen-bond donors (Lipinski definition) is 0. The van der Waals surface area contributed by atoms with Gasteiger partial charge in [0, 0.05) is 18.8 Å². The van der Waals surface area contributed by atoms with Gasteiger partial charge in [0.15, 0.2) is 0 Å². The van der Waals surface area contributed by atoms with Gasteiger partial charge in [0.1, 0.15) is 11.5 Å². The molecule has 0 bridgehead atoms. The van der Waals surface area contributed by atoms with Crippen LogP contribution in [0.5, 0.6) is 11.5 Å². The van der Waals surface area contributed by atoms with Crippen LogP contribution in [0.15, 0.2) is 24.5 Å². The quantitative estimate of drug-likeness (QED) is 0.768. The van der Waals surface area contributed by atoms with Crippen molar-refractivity contribution in [3.63, 3.8) is 0 Å². The van der Waals surface area contributed by atoms with Crippen LogP contribution in [0.3, 0.4) is 0 Å². The van der Waals surface area contributed by atoms with Gasteiger partial charge in [0.25, 0.3) is 0 Å². The zero-order chi connectivity index (χ0) is 16.1. The molecule has 0 radical (unpaired) electrons. The number of carbonyl (C=O) groups excluding carboxylic acids is 1. The zero-order valence-corrected chi connectivity index (χ0v) is 13.3. The van der Waals surface area contributed by atoms with E-state index in [1.807, 2.05) is 27.1 Å². The van der Waals surface area contributed by atoms with Gasteiger partial charge in [0.2, 0.25) is 0 Å². The highest BCUT2D eigenvalue weighted by molar-refractivity contribution is 5.93. The van der Waals surface area contributed by atoms with Crippen LogP contribution >= 0.6 is 0 Å². The Kier molecular flexibility index (Phi) is 5.04. The van der Waals surface area contributed by atoms with Crippen molar-refractivity contribution in [3.05, 3.63) is 30.1 Å². The van der Waals surface area contributed by atoms with Gasteiger partial charge in [-0.25, -0.2) is 4.79 Å². The molecule has 0 N–H and O–H groups in total. The summed E-state index contributed by atoms with van der Waals surface area (Å²) in [5.41, 5.74) is 2.04. The molecule has 0 fully saturated rings. The Morgan fingerprint density at radius 3 is 2.18 bits per heavy atom. The minimum atomic E-state index is -0.431. The van der Waals surface area contributed by atoms with Crippen LogP contribution in [0, 0.1) is 0 Å². The van der Waals surface area contributed by atoms with Gasteiger partial charge < -0.3 is 14.2 Å². The number of carbonyl (C=O) groups is 1. The molecule has 0 atom stereocenters. The molecule has 0 saturated heterocycles. The summed E-state index contributed by atoms with van der Waals surface area (Å²) in [5, 5.41) is 4.18. The Morgan fingerprint density at radius 1 is 1.18 bits per heavy atom. The van der Waals surface area contributed by atoms with Crippen molar-refractivity contribution in [1.82, 2.24) is 9.78 Å². The number of aromatic nitrogens is 2. The fourth-order valence-corrected chi connectivity index (χ4v) is 2.20. The molecule has 0 unspecified atom stereocenters. The van der Waals surface area contributed by atoms with E-state index in [4.69, 9.17) is 14.2 Å². The van der Waals surface area contributed by atoms with E-state index in [-0.39, 0.29) is 0 Å². The SMILES string of the molecule is CCOc1cc(C(=O)OC)cc(OCC)c1-c1cnn(C)c1. The van der Waals surface area contributed by atoms with Crippen LogP contribution in [-0.4, -0.2) is 36.1 Å². The van der Waals surface area contributed by atoms with Gasteiger partial charge in [-0.1, -0.05) is 0 Å². The Labute approximate surface area is 129 Å². The summed E-state index contributed by atoms with van der Waals surface area (Å²) in [5.74, 6) is 0.711. The smallest absolute Gasteiger partial charge is 0.338 e. The molecule has 0 spiro atoms. The molecule has 0 amide bonds. The topological polar surface area (TPSA) is 62.6 Å². The molecule has 0 aliphatic carbocycles. The van der Waals surface area contributed by atoms with E-state index in [0.29, 0.717) is 30.3 Å². The van der Waals surface area contributed by atoms with Crippen molar-refractivity contribution in [1.29, 1.82) is 0 Å². The van der Waals surface area contributed by atoms with Crippen LogP contribution in [0.4, 0.5) is 0 Å². The second-order valence-electron chi connectivity index (χ2n) is 4.61. The number of rotatable bonds is 6. The van der Waals surface area contributed by atoms with Crippen molar-refractivity contribution in [2.75, 3.05) is 20.3 Å². The predicted molar refractivity (Wildman–Crippen MR) is 82.3 cm³/mol. The number of methoxy groups -OCH3 is 1. The molecule has 0 aliphatic rings. The van der Waals surface area contributed by atoms with Gasteiger partial charge >= 0.3 is 5.97 Å². The summed E-state index contributed by atoms with van der Waals surface area (Å²) in [6, 6.07) is 3.33. The van der Waals surface area contributed by atoms with E-state index in [0.717, 1.165) is 11.1 Å². The number of aryl methyl sites for hydroxylation is 1. The molecule has 2 rings (SSSR count). The summed E-state index contributed by atoms with van der Waals surface area (Å²) in [4.78, 5) is 11.8. The molecule has 0 saturated carbocycles. The lowest BCUT2D eigenvalue weighted by atomic mass is 10.0. The molecule has 0 aliphatic heterocycles. The highest BCUT2D eigenvalue weighted by Gasteiger charge is 2.19. The van der Waals surface area contributed by atoms with Crippen LogP contribution in [-0.2, 0) is 11.8 Å². The maximum atomic E-state index is 11.8. The second kappa shape index (κ2) is 6.98. The predicted octanol–water partition coefficient (Wildman–Crippen LogP) is 2.67. The highest BCUT2D eigenvalue weighted by Crippen LogP contribution is 2.40. The monoisotopic (exact) mass is 304 g/mol. The molecule has 6 heteroatoms. The van der Waals surface area contributed by atoms with Crippen molar-refractivity contribution >= 4 is 5.97 Å². The standard InChI is InChI=1S/C16H20N2O4/c1-5-21-13-7-11(16(19)20-4)8-14(22-6-2)15(13)12-9-17-18(3)10-12/h7-10H,5-6H2,1-4H3. The summed E-state index contributed by atoms with van der Waals surface area (Å²) in [6.07, 6.45) is 3.61. The molecule has 1 heterocycles.